The molecule has 0 bridgehead atoms. The zero-order valence-corrected chi connectivity index (χ0v) is 21.1. The number of fused-ring (bicyclic) bond motifs is 2. The number of benzene rings is 4. The maximum Gasteiger partial charge on any atom is 0.336 e. The second kappa shape index (κ2) is 9.42. The van der Waals surface area contributed by atoms with E-state index in [2.05, 4.69) is 0 Å². The van der Waals surface area contributed by atoms with Crippen LogP contribution in [0.25, 0.3) is 21.9 Å². The predicted molar refractivity (Wildman–Crippen MR) is 149 cm³/mol. The molecule has 1 aliphatic carbocycles. The Morgan fingerprint density at radius 1 is 0.475 bits per heavy atom. The van der Waals surface area contributed by atoms with Crippen LogP contribution in [0.5, 0.6) is 0 Å². The molecular formula is C34H22F2O4. The molecule has 7 rings (SSSR count). The van der Waals surface area contributed by atoms with Gasteiger partial charge in [0.2, 0.25) is 0 Å². The van der Waals surface area contributed by atoms with Gasteiger partial charge in [-0.3, -0.25) is 0 Å². The SMILES string of the molecule is O=c1cc([C@@H]2[C@@H](c3ccc(F)cc3)[C@@H](c3ccc(F)cc3)[C@@H]2c2cc(=O)oc3ccccc23)c2ccccc2o1. The third-order valence-electron chi connectivity index (χ3n) is 8.14. The fourth-order valence-electron chi connectivity index (χ4n) is 6.55. The lowest BCUT2D eigenvalue weighted by molar-refractivity contribution is 0.230. The van der Waals surface area contributed by atoms with Gasteiger partial charge in [0.15, 0.2) is 0 Å². The first-order chi connectivity index (χ1) is 19.5. The molecule has 4 aromatic carbocycles. The normalized spacial score (nSPS) is 20.4. The first-order valence-corrected chi connectivity index (χ1v) is 13.0. The van der Waals surface area contributed by atoms with Crippen LogP contribution in [0, 0.1) is 11.6 Å². The van der Waals surface area contributed by atoms with E-state index in [-0.39, 0.29) is 35.3 Å². The van der Waals surface area contributed by atoms with Crippen LogP contribution in [-0.4, -0.2) is 0 Å². The monoisotopic (exact) mass is 532 g/mol. The molecule has 4 nitrogen and oxygen atoms in total. The molecule has 0 unspecified atom stereocenters. The minimum absolute atomic E-state index is 0.215. The molecule has 0 N–H and O–H groups in total. The van der Waals surface area contributed by atoms with Crippen molar-refractivity contribution in [1.82, 2.24) is 0 Å². The van der Waals surface area contributed by atoms with Gasteiger partial charge in [0, 0.05) is 22.9 Å². The van der Waals surface area contributed by atoms with E-state index in [1.54, 1.807) is 36.4 Å². The maximum absolute atomic E-state index is 14.0. The second-order valence-electron chi connectivity index (χ2n) is 10.2. The molecule has 196 valence electrons. The van der Waals surface area contributed by atoms with Crippen molar-refractivity contribution >= 4 is 21.9 Å². The Bertz CT molecular complexity index is 1840. The number of halogens is 2. The van der Waals surface area contributed by atoms with Gasteiger partial charge in [-0.1, -0.05) is 60.7 Å². The summed E-state index contributed by atoms with van der Waals surface area (Å²) < 4.78 is 39.1. The van der Waals surface area contributed by atoms with Crippen LogP contribution < -0.4 is 11.3 Å². The van der Waals surface area contributed by atoms with Gasteiger partial charge in [0.1, 0.15) is 22.8 Å². The summed E-state index contributed by atoms with van der Waals surface area (Å²) in [5.74, 6) is -1.72. The maximum atomic E-state index is 14.0. The lowest BCUT2D eigenvalue weighted by Crippen LogP contribution is -2.41. The van der Waals surface area contributed by atoms with Crippen molar-refractivity contribution < 1.29 is 17.6 Å². The minimum atomic E-state index is -0.479. The summed E-state index contributed by atoms with van der Waals surface area (Å²) in [6.07, 6.45) is 0. The Hall–Kier alpha value is -4.84. The topological polar surface area (TPSA) is 60.4 Å². The van der Waals surface area contributed by atoms with Gasteiger partial charge < -0.3 is 8.83 Å². The fourth-order valence-corrected chi connectivity index (χ4v) is 6.55. The molecule has 6 heteroatoms. The zero-order valence-electron chi connectivity index (χ0n) is 21.1. The third kappa shape index (κ3) is 3.95. The van der Waals surface area contributed by atoms with E-state index in [1.165, 1.54) is 36.4 Å². The Labute approximate surface area is 227 Å². The van der Waals surface area contributed by atoms with Crippen molar-refractivity contribution in [1.29, 1.82) is 0 Å². The molecule has 6 aromatic rings. The van der Waals surface area contributed by atoms with E-state index >= 15 is 0 Å². The van der Waals surface area contributed by atoms with Gasteiger partial charge in [0.25, 0.3) is 0 Å². The van der Waals surface area contributed by atoms with Crippen molar-refractivity contribution in [3.63, 3.8) is 0 Å². The van der Waals surface area contributed by atoms with E-state index in [9.17, 15) is 18.4 Å². The van der Waals surface area contributed by atoms with Crippen molar-refractivity contribution in [2.45, 2.75) is 23.7 Å². The number of para-hydroxylation sites is 2. The standard InChI is InChI=1S/C34H22F2O4/c35-21-13-9-19(10-14-21)31-32(20-11-15-22(36)16-12-20)34(26-18-30(38)40-28-8-4-2-6-24(26)28)33(31)25-17-29(37)39-27-7-3-1-5-23(25)27/h1-18,31-34H/t31-,32+,33+,34-. The average Bonchev–Trinajstić information content (AvgIpc) is 2.94. The van der Waals surface area contributed by atoms with Gasteiger partial charge in [0.05, 0.1) is 0 Å². The summed E-state index contributed by atoms with van der Waals surface area (Å²) in [4.78, 5) is 25.6. The molecule has 0 aliphatic heterocycles. The highest BCUT2D eigenvalue weighted by Gasteiger charge is 2.54. The van der Waals surface area contributed by atoms with E-state index in [4.69, 9.17) is 8.83 Å². The van der Waals surface area contributed by atoms with Crippen LogP contribution in [0.15, 0.2) is 128 Å². The summed E-state index contributed by atoms with van der Waals surface area (Å²) in [5, 5.41) is 1.57. The van der Waals surface area contributed by atoms with Crippen LogP contribution in [0.3, 0.4) is 0 Å². The smallest absolute Gasteiger partial charge is 0.336 e. The Morgan fingerprint density at radius 2 is 0.850 bits per heavy atom. The molecule has 0 saturated heterocycles. The van der Waals surface area contributed by atoms with Gasteiger partial charge >= 0.3 is 11.3 Å². The van der Waals surface area contributed by atoms with Crippen LogP contribution in [0.2, 0.25) is 0 Å². The summed E-state index contributed by atoms with van der Waals surface area (Å²) >= 11 is 0. The molecule has 4 atom stereocenters. The Kier molecular flexibility index (Phi) is 5.70. The van der Waals surface area contributed by atoms with Crippen molar-refractivity contribution in [2.75, 3.05) is 0 Å². The molecule has 1 aliphatic rings. The largest absolute Gasteiger partial charge is 0.423 e. The Balaban J connectivity index is 1.55. The zero-order chi connectivity index (χ0) is 27.4. The quantitative estimate of drug-likeness (QED) is 0.219. The summed E-state index contributed by atoms with van der Waals surface area (Å²) in [7, 11) is 0. The first-order valence-electron chi connectivity index (χ1n) is 13.0. The van der Waals surface area contributed by atoms with Gasteiger partial charge in [-0.2, -0.15) is 0 Å². The number of rotatable bonds is 4. The van der Waals surface area contributed by atoms with Gasteiger partial charge in [-0.25, -0.2) is 18.4 Å². The van der Waals surface area contributed by atoms with Gasteiger partial charge in [-0.15, -0.1) is 0 Å². The van der Waals surface area contributed by atoms with Crippen LogP contribution in [0.4, 0.5) is 8.78 Å². The highest BCUT2D eigenvalue weighted by molar-refractivity contribution is 5.84. The van der Waals surface area contributed by atoms with Crippen molar-refractivity contribution in [2.24, 2.45) is 0 Å². The lowest BCUT2D eigenvalue weighted by atomic mass is 9.49. The third-order valence-corrected chi connectivity index (χ3v) is 8.14. The average molecular weight is 533 g/mol. The number of hydrogen-bond acceptors (Lipinski definition) is 4. The van der Waals surface area contributed by atoms with Crippen LogP contribution >= 0.6 is 0 Å². The van der Waals surface area contributed by atoms with E-state index in [0.29, 0.717) is 11.2 Å². The van der Waals surface area contributed by atoms with E-state index in [1.807, 2.05) is 36.4 Å². The minimum Gasteiger partial charge on any atom is -0.423 e. The number of hydrogen-bond donors (Lipinski definition) is 0. The summed E-state index contributed by atoms with van der Waals surface area (Å²) in [5.41, 5.74) is 3.28. The molecule has 0 amide bonds. The van der Waals surface area contributed by atoms with E-state index in [0.717, 1.165) is 33.0 Å². The molecule has 1 fully saturated rings. The summed E-state index contributed by atoms with van der Waals surface area (Å²) in [6, 6.07) is 30.5. The first kappa shape index (κ1) is 24.2. The van der Waals surface area contributed by atoms with Crippen LogP contribution in [-0.2, 0) is 0 Å². The summed E-state index contributed by atoms with van der Waals surface area (Å²) in [6.45, 7) is 0. The van der Waals surface area contributed by atoms with Crippen molar-refractivity contribution in [3.8, 4) is 0 Å². The molecule has 0 radical (unpaired) electrons. The molecule has 2 heterocycles. The van der Waals surface area contributed by atoms with Crippen molar-refractivity contribution in [3.05, 3.63) is 164 Å². The Morgan fingerprint density at radius 3 is 1.25 bits per heavy atom. The molecule has 2 aromatic heterocycles. The fraction of sp³-hybridized carbons (Fsp3) is 0.118. The molecule has 1 saturated carbocycles. The predicted octanol–water partition coefficient (Wildman–Crippen LogP) is 7.63. The second-order valence-corrected chi connectivity index (χ2v) is 10.2. The van der Waals surface area contributed by atoms with Crippen LogP contribution in [0.1, 0.15) is 45.9 Å². The van der Waals surface area contributed by atoms with Gasteiger partial charge in [-0.05, 0) is 82.3 Å². The molecule has 0 spiro atoms. The molecule has 40 heavy (non-hydrogen) atoms. The highest BCUT2D eigenvalue weighted by Crippen LogP contribution is 2.67. The highest BCUT2D eigenvalue weighted by atomic mass is 19.1. The van der Waals surface area contributed by atoms with E-state index < -0.39 is 11.3 Å². The molecular weight excluding hydrogens is 510 g/mol. The lowest BCUT2D eigenvalue weighted by Gasteiger charge is -2.54.